The molecule has 3 nitrogen and oxygen atoms in total. The molecular formula is C13H21NO2S. The average molecular weight is 255 g/mol. The van der Waals surface area contributed by atoms with Crippen LogP contribution in [-0.4, -0.2) is 23.7 Å². The molecular weight excluding hydrogens is 234 g/mol. The van der Waals surface area contributed by atoms with Crippen LogP contribution < -0.4 is 5.32 Å². The fourth-order valence-corrected chi connectivity index (χ4v) is 2.75. The third-order valence-corrected chi connectivity index (χ3v) is 3.84. The summed E-state index contributed by atoms with van der Waals surface area (Å²) in [5.74, 6) is -0.0760. The Balaban J connectivity index is 2.52. The zero-order chi connectivity index (χ0) is 12.8. The number of rotatable bonds is 6. The van der Waals surface area contributed by atoms with Crippen LogP contribution >= 0.6 is 11.3 Å². The van der Waals surface area contributed by atoms with Crippen LogP contribution in [0.1, 0.15) is 46.8 Å². The Morgan fingerprint density at radius 2 is 2.24 bits per heavy atom. The Kier molecular flexibility index (Phi) is 5.65. The van der Waals surface area contributed by atoms with Crippen molar-refractivity contribution in [2.45, 2.75) is 46.1 Å². The number of amides is 1. The van der Waals surface area contributed by atoms with Gasteiger partial charge in [-0.3, -0.25) is 4.79 Å². The molecule has 0 aliphatic carbocycles. The van der Waals surface area contributed by atoms with E-state index in [0.717, 1.165) is 24.1 Å². The van der Waals surface area contributed by atoms with E-state index in [4.69, 9.17) is 0 Å². The van der Waals surface area contributed by atoms with E-state index in [0.29, 0.717) is 6.54 Å². The van der Waals surface area contributed by atoms with Gasteiger partial charge < -0.3 is 10.4 Å². The summed E-state index contributed by atoms with van der Waals surface area (Å²) in [6, 6.07) is 1.95. The molecule has 1 aromatic rings. The Labute approximate surface area is 107 Å². The average Bonchev–Trinajstić information content (AvgIpc) is 2.68. The van der Waals surface area contributed by atoms with Gasteiger partial charge in [0, 0.05) is 11.4 Å². The molecule has 0 aromatic carbocycles. The second-order valence-corrected chi connectivity index (χ2v) is 5.45. The van der Waals surface area contributed by atoms with Gasteiger partial charge in [0.25, 0.3) is 5.91 Å². The number of aliphatic hydroxyl groups is 1. The van der Waals surface area contributed by atoms with Crippen molar-refractivity contribution in [3.63, 3.8) is 0 Å². The molecule has 4 heteroatoms. The fraction of sp³-hybridized carbons (Fsp3) is 0.615. The maximum Gasteiger partial charge on any atom is 0.261 e. The summed E-state index contributed by atoms with van der Waals surface area (Å²) >= 11 is 1.52. The van der Waals surface area contributed by atoms with Crippen LogP contribution in [0.3, 0.4) is 0 Å². The molecule has 1 unspecified atom stereocenters. The quantitative estimate of drug-likeness (QED) is 0.820. The van der Waals surface area contributed by atoms with Crippen molar-refractivity contribution in [2.24, 2.45) is 0 Å². The SMILES string of the molecule is CCCC(O)CNC(=O)c1cc(CC)c(C)s1. The van der Waals surface area contributed by atoms with Gasteiger partial charge in [-0.05, 0) is 31.4 Å². The smallest absolute Gasteiger partial charge is 0.261 e. The Morgan fingerprint density at radius 1 is 1.53 bits per heavy atom. The van der Waals surface area contributed by atoms with Crippen molar-refractivity contribution >= 4 is 17.2 Å². The number of nitrogens with one attached hydrogen (secondary N) is 1. The Bertz CT molecular complexity index is 373. The highest BCUT2D eigenvalue weighted by Crippen LogP contribution is 2.21. The van der Waals surface area contributed by atoms with Crippen LogP contribution in [0.15, 0.2) is 6.07 Å². The van der Waals surface area contributed by atoms with E-state index in [1.807, 2.05) is 19.9 Å². The number of aliphatic hydroxyl groups excluding tert-OH is 1. The lowest BCUT2D eigenvalue weighted by molar-refractivity contribution is 0.0914. The number of hydrogen-bond donors (Lipinski definition) is 2. The lowest BCUT2D eigenvalue weighted by Crippen LogP contribution is -2.31. The van der Waals surface area contributed by atoms with E-state index in [1.54, 1.807) is 0 Å². The van der Waals surface area contributed by atoms with Gasteiger partial charge in [0.2, 0.25) is 0 Å². The maximum absolute atomic E-state index is 11.8. The van der Waals surface area contributed by atoms with E-state index >= 15 is 0 Å². The van der Waals surface area contributed by atoms with Crippen molar-refractivity contribution in [3.05, 3.63) is 21.4 Å². The van der Waals surface area contributed by atoms with Crippen molar-refractivity contribution in [2.75, 3.05) is 6.54 Å². The minimum atomic E-state index is -0.435. The molecule has 1 aromatic heterocycles. The molecule has 1 atom stereocenters. The molecule has 0 bridgehead atoms. The lowest BCUT2D eigenvalue weighted by atomic mass is 10.2. The van der Waals surface area contributed by atoms with Crippen LogP contribution in [-0.2, 0) is 6.42 Å². The number of aryl methyl sites for hydroxylation is 2. The number of thiophene rings is 1. The summed E-state index contributed by atoms with van der Waals surface area (Å²) in [6.07, 6.45) is 2.17. The molecule has 1 amide bonds. The van der Waals surface area contributed by atoms with Crippen LogP contribution in [0.25, 0.3) is 0 Å². The number of carbonyl (C=O) groups is 1. The molecule has 0 aliphatic heterocycles. The largest absolute Gasteiger partial charge is 0.391 e. The highest BCUT2D eigenvalue weighted by atomic mass is 32.1. The minimum absolute atomic E-state index is 0.0760. The summed E-state index contributed by atoms with van der Waals surface area (Å²) in [7, 11) is 0. The first kappa shape index (κ1) is 14.2. The molecule has 0 saturated heterocycles. The molecule has 0 radical (unpaired) electrons. The summed E-state index contributed by atoms with van der Waals surface area (Å²) in [5.41, 5.74) is 1.23. The predicted molar refractivity (Wildman–Crippen MR) is 71.7 cm³/mol. The van der Waals surface area contributed by atoms with E-state index in [1.165, 1.54) is 21.8 Å². The fourth-order valence-electron chi connectivity index (χ4n) is 1.72. The van der Waals surface area contributed by atoms with Gasteiger partial charge in [0.1, 0.15) is 0 Å². The van der Waals surface area contributed by atoms with Crippen LogP contribution in [0.5, 0.6) is 0 Å². The predicted octanol–water partition coefficient (Wildman–Crippen LogP) is 2.51. The topological polar surface area (TPSA) is 49.3 Å². The van der Waals surface area contributed by atoms with Crippen molar-refractivity contribution < 1.29 is 9.90 Å². The standard InChI is InChI=1S/C13H21NO2S/c1-4-6-11(15)8-14-13(16)12-7-10(5-2)9(3)17-12/h7,11,15H,4-6,8H2,1-3H3,(H,14,16). The molecule has 1 rings (SSSR count). The molecule has 0 saturated carbocycles. The lowest BCUT2D eigenvalue weighted by Gasteiger charge is -2.09. The normalized spacial score (nSPS) is 12.5. The zero-order valence-corrected chi connectivity index (χ0v) is 11.6. The Hall–Kier alpha value is -0.870. The maximum atomic E-state index is 11.8. The van der Waals surface area contributed by atoms with Gasteiger partial charge in [-0.25, -0.2) is 0 Å². The first-order chi connectivity index (χ1) is 8.08. The summed E-state index contributed by atoms with van der Waals surface area (Å²) in [5, 5.41) is 12.3. The van der Waals surface area contributed by atoms with E-state index in [-0.39, 0.29) is 5.91 Å². The highest BCUT2D eigenvalue weighted by molar-refractivity contribution is 7.14. The summed E-state index contributed by atoms with van der Waals surface area (Å²) < 4.78 is 0. The van der Waals surface area contributed by atoms with Crippen LogP contribution in [0.2, 0.25) is 0 Å². The first-order valence-electron chi connectivity index (χ1n) is 6.14. The molecule has 17 heavy (non-hydrogen) atoms. The van der Waals surface area contributed by atoms with Crippen LogP contribution in [0, 0.1) is 6.92 Å². The first-order valence-corrected chi connectivity index (χ1v) is 6.95. The summed E-state index contributed by atoms with van der Waals surface area (Å²) in [6.45, 7) is 6.47. The monoisotopic (exact) mass is 255 g/mol. The van der Waals surface area contributed by atoms with Gasteiger partial charge in [-0.15, -0.1) is 11.3 Å². The molecule has 0 fully saturated rings. The van der Waals surface area contributed by atoms with Crippen molar-refractivity contribution in [3.8, 4) is 0 Å². The van der Waals surface area contributed by atoms with E-state index in [2.05, 4.69) is 12.2 Å². The van der Waals surface area contributed by atoms with Gasteiger partial charge in [-0.1, -0.05) is 20.3 Å². The van der Waals surface area contributed by atoms with Crippen molar-refractivity contribution in [1.82, 2.24) is 5.32 Å². The zero-order valence-electron chi connectivity index (χ0n) is 10.7. The minimum Gasteiger partial charge on any atom is -0.391 e. The van der Waals surface area contributed by atoms with Crippen LogP contribution in [0.4, 0.5) is 0 Å². The van der Waals surface area contributed by atoms with E-state index < -0.39 is 6.10 Å². The van der Waals surface area contributed by atoms with E-state index in [9.17, 15) is 9.90 Å². The molecule has 1 heterocycles. The van der Waals surface area contributed by atoms with Gasteiger partial charge in [-0.2, -0.15) is 0 Å². The van der Waals surface area contributed by atoms with Gasteiger partial charge >= 0.3 is 0 Å². The molecule has 0 spiro atoms. The number of carbonyl (C=O) groups excluding carboxylic acids is 1. The molecule has 2 N–H and O–H groups in total. The number of hydrogen-bond acceptors (Lipinski definition) is 3. The Morgan fingerprint density at radius 3 is 2.76 bits per heavy atom. The molecule has 0 aliphatic rings. The molecule has 96 valence electrons. The second kappa shape index (κ2) is 6.77. The second-order valence-electron chi connectivity index (χ2n) is 4.20. The summed E-state index contributed by atoms with van der Waals surface area (Å²) in [4.78, 5) is 13.8. The highest BCUT2D eigenvalue weighted by Gasteiger charge is 2.12. The third-order valence-electron chi connectivity index (χ3n) is 2.75. The van der Waals surface area contributed by atoms with Gasteiger partial charge in [0.05, 0.1) is 11.0 Å². The third kappa shape index (κ3) is 4.13. The van der Waals surface area contributed by atoms with Gasteiger partial charge in [0.15, 0.2) is 0 Å². The van der Waals surface area contributed by atoms with Crippen molar-refractivity contribution in [1.29, 1.82) is 0 Å².